The van der Waals surface area contributed by atoms with E-state index in [0.717, 1.165) is 5.56 Å². The normalized spacial score (nSPS) is 20.6. The molecule has 27 heavy (non-hydrogen) atoms. The van der Waals surface area contributed by atoms with Crippen LogP contribution in [0.15, 0.2) is 65.9 Å². The summed E-state index contributed by atoms with van der Waals surface area (Å²) in [7, 11) is 1.65. The highest BCUT2D eigenvalue weighted by atomic mass is 19.1. The summed E-state index contributed by atoms with van der Waals surface area (Å²) in [6.45, 7) is 2.32. The van der Waals surface area contributed by atoms with Gasteiger partial charge in [0.15, 0.2) is 0 Å². The number of carbonyl (C=O) groups is 2. The molecule has 0 bridgehead atoms. The number of hydrogen-bond acceptors (Lipinski definition) is 2. The fraction of sp³-hybridized carbons (Fsp3) is 0.238. The Morgan fingerprint density at radius 3 is 2.56 bits per heavy atom. The van der Waals surface area contributed by atoms with E-state index < -0.39 is 11.9 Å². The average Bonchev–Trinajstić information content (AvgIpc) is 3.02. The molecule has 2 aromatic carbocycles. The van der Waals surface area contributed by atoms with Crippen molar-refractivity contribution in [3.05, 3.63) is 82.8 Å². The Morgan fingerprint density at radius 1 is 1.11 bits per heavy atom. The monoisotopic (exact) mass is 365 g/mol. The van der Waals surface area contributed by atoms with E-state index in [1.807, 2.05) is 37.3 Å². The Balaban J connectivity index is 1.72. The Morgan fingerprint density at radius 2 is 1.85 bits per heavy atom. The Hall–Kier alpha value is -3.15. The third-order valence-electron chi connectivity index (χ3n) is 5.32. The molecule has 2 heterocycles. The lowest BCUT2D eigenvalue weighted by Gasteiger charge is -2.31. The maximum absolute atomic E-state index is 13.7. The van der Waals surface area contributed by atoms with Gasteiger partial charge in [-0.2, -0.15) is 0 Å². The minimum Gasteiger partial charge on any atom is -0.327 e. The molecule has 0 aromatic heterocycles. The van der Waals surface area contributed by atoms with Crippen molar-refractivity contribution in [2.45, 2.75) is 19.0 Å². The Labute approximate surface area is 157 Å². The second-order valence-corrected chi connectivity index (χ2v) is 6.88. The molecule has 6 heteroatoms. The molecule has 5 nitrogen and oxygen atoms in total. The summed E-state index contributed by atoms with van der Waals surface area (Å²) in [6, 6.07) is 14.7. The van der Waals surface area contributed by atoms with Gasteiger partial charge in [0, 0.05) is 7.05 Å². The molecule has 0 saturated heterocycles. The highest BCUT2D eigenvalue weighted by molar-refractivity contribution is 6.01. The third kappa shape index (κ3) is 2.87. The van der Waals surface area contributed by atoms with Gasteiger partial charge in [0.2, 0.25) is 0 Å². The van der Waals surface area contributed by atoms with Crippen molar-refractivity contribution < 1.29 is 14.0 Å². The Bertz CT molecular complexity index is 941. The maximum atomic E-state index is 13.7. The first-order valence-corrected chi connectivity index (χ1v) is 8.86. The predicted molar refractivity (Wildman–Crippen MR) is 99.0 cm³/mol. The zero-order chi connectivity index (χ0) is 19.1. The summed E-state index contributed by atoms with van der Waals surface area (Å²) >= 11 is 0. The van der Waals surface area contributed by atoms with E-state index in [-0.39, 0.29) is 18.0 Å². The summed E-state index contributed by atoms with van der Waals surface area (Å²) < 4.78 is 13.7. The van der Waals surface area contributed by atoms with Crippen LogP contribution in [-0.2, 0) is 4.79 Å². The summed E-state index contributed by atoms with van der Waals surface area (Å²) in [5.74, 6) is -0.537. The minimum atomic E-state index is -0.653. The van der Waals surface area contributed by atoms with E-state index in [1.165, 1.54) is 17.0 Å². The molecular weight excluding hydrogens is 345 g/mol. The smallest absolute Gasteiger partial charge is 0.322 e. The molecule has 138 valence electrons. The second-order valence-electron chi connectivity index (χ2n) is 6.88. The second kappa shape index (κ2) is 6.54. The van der Waals surface area contributed by atoms with Crippen LogP contribution in [0.25, 0.3) is 0 Å². The molecule has 4 rings (SSSR count). The van der Waals surface area contributed by atoms with Gasteiger partial charge in [0.05, 0.1) is 29.9 Å². The van der Waals surface area contributed by atoms with Crippen LogP contribution in [-0.4, -0.2) is 35.3 Å². The molecule has 2 atom stereocenters. The molecule has 2 aromatic rings. The highest BCUT2D eigenvalue weighted by Gasteiger charge is 2.44. The van der Waals surface area contributed by atoms with Crippen molar-refractivity contribution in [3.8, 4) is 0 Å². The lowest BCUT2D eigenvalue weighted by molar-refractivity contribution is -0.127. The predicted octanol–water partition coefficient (Wildman–Crippen LogP) is 3.38. The van der Waals surface area contributed by atoms with Crippen molar-refractivity contribution in [2.24, 2.45) is 0 Å². The first kappa shape index (κ1) is 17.3. The molecular formula is C21H20FN3O2. The molecule has 0 spiro atoms. The maximum Gasteiger partial charge on any atom is 0.322 e. The van der Waals surface area contributed by atoms with Crippen LogP contribution in [0, 0.1) is 5.82 Å². The number of likely N-dealkylation sites (N-methyl/N-ethyl adjacent to an activating group) is 1. The van der Waals surface area contributed by atoms with Crippen molar-refractivity contribution in [3.63, 3.8) is 0 Å². The van der Waals surface area contributed by atoms with Gasteiger partial charge in [0.1, 0.15) is 5.82 Å². The zero-order valence-corrected chi connectivity index (χ0v) is 15.1. The van der Waals surface area contributed by atoms with Gasteiger partial charge < -0.3 is 10.2 Å². The van der Waals surface area contributed by atoms with Crippen LogP contribution >= 0.6 is 0 Å². The van der Waals surface area contributed by atoms with Gasteiger partial charge in [-0.25, -0.2) is 9.18 Å². The van der Waals surface area contributed by atoms with Gasteiger partial charge in [-0.1, -0.05) is 42.5 Å². The number of nitrogens with zero attached hydrogens (tertiary/aromatic N) is 2. The van der Waals surface area contributed by atoms with E-state index >= 15 is 0 Å². The zero-order valence-electron chi connectivity index (χ0n) is 15.1. The van der Waals surface area contributed by atoms with E-state index in [2.05, 4.69) is 5.32 Å². The number of benzene rings is 2. The summed E-state index contributed by atoms with van der Waals surface area (Å²) in [5.41, 5.74) is 2.76. The number of rotatable bonds is 3. The van der Waals surface area contributed by atoms with Crippen molar-refractivity contribution in [2.75, 3.05) is 13.6 Å². The quantitative estimate of drug-likeness (QED) is 0.907. The van der Waals surface area contributed by atoms with Gasteiger partial charge in [0.25, 0.3) is 5.91 Å². The Kier molecular flexibility index (Phi) is 4.18. The fourth-order valence-electron chi connectivity index (χ4n) is 3.75. The first-order valence-electron chi connectivity index (χ1n) is 8.86. The number of nitrogens with one attached hydrogen (secondary N) is 1. The van der Waals surface area contributed by atoms with Crippen molar-refractivity contribution in [1.29, 1.82) is 0 Å². The van der Waals surface area contributed by atoms with Crippen LogP contribution in [0.1, 0.15) is 30.1 Å². The van der Waals surface area contributed by atoms with E-state index in [4.69, 9.17) is 0 Å². The molecule has 1 N–H and O–H groups in total. The largest absolute Gasteiger partial charge is 0.327 e. The van der Waals surface area contributed by atoms with E-state index in [9.17, 15) is 14.0 Å². The molecule has 2 aliphatic heterocycles. The summed E-state index contributed by atoms with van der Waals surface area (Å²) in [6.07, 6.45) is 0. The molecule has 2 aliphatic rings. The summed E-state index contributed by atoms with van der Waals surface area (Å²) in [4.78, 5) is 28.9. The summed E-state index contributed by atoms with van der Waals surface area (Å²) in [5, 5.41) is 2.83. The van der Waals surface area contributed by atoms with Crippen molar-refractivity contribution in [1.82, 2.24) is 15.1 Å². The topological polar surface area (TPSA) is 52.7 Å². The number of urea groups is 1. The fourth-order valence-corrected chi connectivity index (χ4v) is 3.75. The number of halogens is 1. The van der Waals surface area contributed by atoms with Gasteiger partial charge in [-0.15, -0.1) is 0 Å². The lowest BCUT2D eigenvalue weighted by atomic mass is 9.95. The molecule has 0 saturated carbocycles. The van der Waals surface area contributed by atoms with Gasteiger partial charge >= 0.3 is 6.03 Å². The van der Waals surface area contributed by atoms with Crippen LogP contribution in [0.3, 0.4) is 0 Å². The SMILES string of the molecule is C[C@H](c1ccccc1)N1CC2=C(C1=O)[C@H](c1cccc(F)c1)NC(=O)N2C. The lowest BCUT2D eigenvalue weighted by Crippen LogP contribution is -2.45. The minimum absolute atomic E-state index is 0.137. The molecule has 0 fully saturated rings. The average molecular weight is 365 g/mol. The van der Waals surface area contributed by atoms with E-state index in [1.54, 1.807) is 24.1 Å². The van der Waals surface area contributed by atoms with Gasteiger partial charge in [-0.3, -0.25) is 9.69 Å². The standard InChI is InChI=1S/C21H20FN3O2/c1-13(14-7-4-3-5-8-14)25-12-17-18(20(25)26)19(23-21(27)24(17)2)15-9-6-10-16(22)11-15/h3-11,13,19H,12H2,1-2H3,(H,23,27)/t13-,19+/m1/s1. The van der Waals surface area contributed by atoms with Crippen LogP contribution in [0.2, 0.25) is 0 Å². The van der Waals surface area contributed by atoms with Crippen LogP contribution in [0.4, 0.5) is 9.18 Å². The molecule has 0 aliphatic carbocycles. The van der Waals surface area contributed by atoms with Gasteiger partial charge in [-0.05, 0) is 30.2 Å². The first-order chi connectivity index (χ1) is 13.0. The molecule has 3 amide bonds. The number of hydrogen-bond donors (Lipinski definition) is 1. The van der Waals surface area contributed by atoms with E-state index in [0.29, 0.717) is 23.4 Å². The molecule has 0 radical (unpaired) electrons. The van der Waals surface area contributed by atoms with Crippen LogP contribution < -0.4 is 5.32 Å². The van der Waals surface area contributed by atoms with Crippen LogP contribution in [0.5, 0.6) is 0 Å². The highest BCUT2D eigenvalue weighted by Crippen LogP contribution is 2.38. The molecule has 0 unspecified atom stereocenters. The third-order valence-corrected chi connectivity index (χ3v) is 5.32. The van der Waals surface area contributed by atoms with Crippen molar-refractivity contribution >= 4 is 11.9 Å². The number of carbonyl (C=O) groups excluding carboxylic acids is 2. The number of amides is 3.